The van der Waals surface area contributed by atoms with E-state index in [2.05, 4.69) is 32.3 Å². The first-order chi connectivity index (χ1) is 9.83. The minimum atomic E-state index is -0.586. The Morgan fingerprint density at radius 1 is 1.43 bits per heavy atom. The molecule has 0 saturated carbocycles. The van der Waals surface area contributed by atoms with Gasteiger partial charge in [-0.25, -0.2) is 4.98 Å². The first-order valence-electron chi connectivity index (χ1n) is 6.34. The van der Waals surface area contributed by atoms with E-state index in [1.807, 2.05) is 19.9 Å². The van der Waals surface area contributed by atoms with Crippen molar-refractivity contribution in [2.75, 3.05) is 5.32 Å². The molecule has 0 aromatic carbocycles. The molecule has 0 bridgehead atoms. The second kappa shape index (κ2) is 5.70. The van der Waals surface area contributed by atoms with E-state index in [1.165, 1.54) is 4.57 Å². The van der Waals surface area contributed by atoms with Crippen molar-refractivity contribution >= 4 is 27.4 Å². The lowest BCUT2D eigenvalue weighted by atomic mass is 9.88. The molecule has 21 heavy (non-hydrogen) atoms. The lowest BCUT2D eigenvalue weighted by Gasteiger charge is -2.15. The van der Waals surface area contributed by atoms with E-state index in [-0.39, 0.29) is 5.56 Å². The van der Waals surface area contributed by atoms with Crippen LogP contribution < -0.4 is 10.9 Å². The zero-order valence-electron chi connectivity index (χ0n) is 12.0. The van der Waals surface area contributed by atoms with E-state index in [1.54, 1.807) is 31.6 Å². The third-order valence-corrected chi connectivity index (χ3v) is 3.61. The maximum atomic E-state index is 12.0. The van der Waals surface area contributed by atoms with E-state index < -0.39 is 5.41 Å². The average molecular weight is 347 g/mol. The molecule has 0 atom stereocenters. The number of aryl methyl sites for hydroxylation is 1. The van der Waals surface area contributed by atoms with Crippen LogP contribution in [-0.4, -0.2) is 9.55 Å². The maximum Gasteiger partial charge on any atom is 0.274 e. The monoisotopic (exact) mass is 346 g/mol. The van der Waals surface area contributed by atoms with Gasteiger partial charge in [0.1, 0.15) is 11.5 Å². The molecule has 6 heteroatoms. The van der Waals surface area contributed by atoms with Gasteiger partial charge in [0.15, 0.2) is 0 Å². The summed E-state index contributed by atoms with van der Waals surface area (Å²) in [5.74, 6) is 0.558. The molecule has 0 aliphatic carbocycles. The molecule has 2 aromatic rings. The standard InChI is InChI=1S/C15H15BrN4O/c1-15(2,9-17)10-4-5-13(18-7-10)19-12-6-11(16)8-20(3)14(12)21/h4-8H,1-3H3,(H,18,19). The quantitative estimate of drug-likeness (QED) is 0.926. The minimum Gasteiger partial charge on any atom is -0.336 e. The van der Waals surface area contributed by atoms with Crippen molar-refractivity contribution in [1.82, 2.24) is 9.55 Å². The number of hydrogen-bond acceptors (Lipinski definition) is 4. The summed E-state index contributed by atoms with van der Waals surface area (Å²) < 4.78 is 2.29. The third-order valence-electron chi connectivity index (χ3n) is 3.18. The van der Waals surface area contributed by atoms with Crippen molar-refractivity contribution < 1.29 is 0 Å². The van der Waals surface area contributed by atoms with Crippen LogP contribution in [-0.2, 0) is 12.5 Å². The van der Waals surface area contributed by atoms with Crippen LogP contribution in [0.25, 0.3) is 0 Å². The van der Waals surface area contributed by atoms with Crippen LogP contribution >= 0.6 is 15.9 Å². The van der Waals surface area contributed by atoms with Gasteiger partial charge in [-0.1, -0.05) is 6.07 Å². The zero-order chi connectivity index (χ0) is 15.6. The molecule has 5 nitrogen and oxygen atoms in total. The topological polar surface area (TPSA) is 70.7 Å². The van der Waals surface area contributed by atoms with Gasteiger partial charge in [-0.3, -0.25) is 4.79 Å². The number of hydrogen-bond donors (Lipinski definition) is 1. The van der Waals surface area contributed by atoms with Crippen LogP contribution in [0, 0.1) is 11.3 Å². The van der Waals surface area contributed by atoms with Crippen LogP contribution in [0.15, 0.2) is 39.9 Å². The van der Waals surface area contributed by atoms with Crippen LogP contribution in [0.2, 0.25) is 0 Å². The summed E-state index contributed by atoms with van der Waals surface area (Å²) >= 11 is 3.35. The van der Waals surface area contributed by atoms with Crippen molar-refractivity contribution in [3.63, 3.8) is 0 Å². The molecule has 0 aliphatic rings. The third kappa shape index (κ3) is 3.31. The van der Waals surface area contributed by atoms with Gasteiger partial charge in [0.25, 0.3) is 5.56 Å². The zero-order valence-corrected chi connectivity index (χ0v) is 13.6. The van der Waals surface area contributed by atoms with Gasteiger partial charge in [-0.2, -0.15) is 5.26 Å². The van der Waals surface area contributed by atoms with E-state index in [4.69, 9.17) is 5.26 Å². The molecule has 2 aromatic heterocycles. The number of nitrogens with zero attached hydrogens (tertiary/aromatic N) is 3. The van der Waals surface area contributed by atoms with Gasteiger partial charge in [0, 0.05) is 23.9 Å². The van der Waals surface area contributed by atoms with Crippen molar-refractivity contribution in [2.45, 2.75) is 19.3 Å². The van der Waals surface area contributed by atoms with Crippen molar-refractivity contribution in [3.05, 3.63) is 51.0 Å². The van der Waals surface area contributed by atoms with E-state index in [9.17, 15) is 4.79 Å². The lowest BCUT2D eigenvalue weighted by molar-refractivity contribution is 0.683. The second-order valence-corrected chi connectivity index (χ2v) is 6.20. The predicted octanol–water partition coefficient (Wildman–Crippen LogP) is 3.09. The highest BCUT2D eigenvalue weighted by atomic mass is 79.9. The Balaban J connectivity index is 2.30. The van der Waals surface area contributed by atoms with Crippen LogP contribution in [0.4, 0.5) is 11.5 Å². The number of pyridine rings is 2. The molecule has 0 unspecified atom stereocenters. The number of anilines is 2. The Hall–Kier alpha value is -2.13. The van der Waals surface area contributed by atoms with Crippen molar-refractivity contribution in [1.29, 1.82) is 5.26 Å². The minimum absolute atomic E-state index is 0.138. The number of aromatic nitrogens is 2. The normalized spacial score (nSPS) is 11.0. The summed E-state index contributed by atoms with van der Waals surface area (Å²) in [6, 6.07) is 7.53. The number of nitriles is 1. The molecule has 0 amide bonds. The maximum absolute atomic E-state index is 12.0. The summed E-state index contributed by atoms with van der Waals surface area (Å²) in [6.07, 6.45) is 3.34. The molecule has 1 N–H and O–H groups in total. The highest BCUT2D eigenvalue weighted by Gasteiger charge is 2.19. The second-order valence-electron chi connectivity index (χ2n) is 5.28. The number of halogens is 1. The van der Waals surface area contributed by atoms with Gasteiger partial charge >= 0.3 is 0 Å². The largest absolute Gasteiger partial charge is 0.336 e. The molecule has 0 spiro atoms. The van der Waals surface area contributed by atoms with Crippen molar-refractivity contribution in [2.24, 2.45) is 7.05 Å². The van der Waals surface area contributed by atoms with Gasteiger partial charge in [-0.15, -0.1) is 0 Å². The average Bonchev–Trinajstić information content (AvgIpc) is 2.45. The molecule has 2 heterocycles. The SMILES string of the molecule is Cn1cc(Br)cc(Nc2ccc(C(C)(C)C#N)cn2)c1=O. The number of nitrogens with one attached hydrogen (secondary N) is 1. The Labute approximate surface area is 131 Å². The molecule has 2 rings (SSSR count). The fourth-order valence-electron chi connectivity index (χ4n) is 1.80. The van der Waals surface area contributed by atoms with Gasteiger partial charge in [-0.05, 0) is 47.5 Å². The Bertz CT molecular complexity index is 757. The molecule has 0 saturated heterocycles. The van der Waals surface area contributed by atoms with Gasteiger partial charge in [0.05, 0.1) is 11.5 Å². The molecule has 108 valence electrons. The van der Waals surface area contributed by atoms with Crippen molar-refractivity contribution in [3.8, 4) is 6.07 Å². The van der Waals surface area contributed by atoms with Crippen LogP contribution in [0.5, 0.6) is 0 Å². The molecular weight excluding hydrogens is 332 g/mol. The lowest BCUT2D eigenvalue weighted by Crippen LogP contribution is -2.19. The highest BCUT2D eigenvalue weighted by molar-refractivity contribution is 9.10. The Morgan fingerprint density at radius 3 is 2.71 bits per heavy atom. The molecule has 0 aliphatic heterocycles. The summed E-state index contributed by atoms with van der Waals surface area (Å²) in [4.78, 5) is 16.3. The summed E-state index contributed by atoms with van der Waals surface area (Å²) in [7, 11) is 1.68. The molecule has 0 fully saturated rings. The summed E-state index contributed by atoms with van der Waals surface area (Å²) in [5, 5.41) is 12.1. The summed E-state index contributed by atoms with van der Waals surface area (Å²) in [5.41, 5.74) is 0.544. The first kappa shape index (κ1) is 15.3. The molecule has 0 radical (unpaired) electrons. The van der Waals surface area contributed by atoms with E-state index in [0.717, 1.165) is 10.0 Å². The van der Waals surface area contributed by atoms with E-state index in [0.29, 0.717) is 11.5 Å². The molecular formula is C15H15BrN4O. The van der Waals surface area contributed by atoms with Gasteiger partial charge < -0.3 is 9.88 Å². The fraction of sp³-hybridized carbons (Fsp3) is 0.267. The number of rotatable bonds is 3. The summed E-state index contributed by atoms with van der Waals surface area (Å²) in [6.45, 7) is 3.67. The van der Waals surface area contributed by atoms with Crippen LogP contribution in [0.3, 0.4) is 0 Å². The first-order valence-corrected chi connectivity index (χ1v) is 7.14. The fourth-order valence-corrected chi connectivity index (χ4v) is 2.34. The van der Waals surface area contributed by atoms with E-state index >= 15 is 0 Å². The predicted molar refractivity (Wildman–Crippen MR) is 85.5 cm³/mol. The highest BCUT2D eigenvalue weighted by Crippen LogP contribution is 2.23. The Morgan fingerprint density at radius 2 is 2.14 bits per heavy atom. The van der Waals surface area contributed by atoms with Gasteiger partial charge in [0.2, 0.25) is 0 Å². The Kier molecular flexibility index (Phi) is 4.14. The smallest absolute Gasteiger partial charge is 0.274 e. The van der Waals surface area contributed by atoms with Crippen LogP contribution in [0.1, 0.15) is 19.4 Å².